The summed E-state index contributed by atoms with van der Waals surface area (Å²) in [5, 5.41) is 10.8. The lowest BCUT2D eigenvalue weighted by molar-refractivity contribution is -0.117. The Kier molecular flexibility index (Phi) is 5.49. The highest BCUT2D eigenvalue weighted by atomic mass is 16.3. The average Bonchev–Trinajstić information content (AvgIpc) is 2.84. The van der Waals surface area contributed by atoms with Gasteiger partial charge in [-0.15, -0.1) is 0 Å². The SMILES string of the molecule is CC(=O)N(c1ccccc1)C1CC(C)N(C(=O)c2ccc3nccc(O)c3c2)c2ccccc21. The number of nitrogens with zero attached hydrogens (tertiary/aromatic N) is 3. The fourth-order valence-corrected chi connectivity index (χ4v) is 4.91. The number of aromatic nitrogens is 1. The van der Waals surface area contributed by atoms with Crippen LogP contribution >= 0.6 is 0 Å². The molecule has 2 atom stereocenters. The summed E-state index contributed by atoms with van der Waals surface area (Å²) >= 11 is 0. The van der Waals surface area contributed by atoms with Gasteiger partial charge in [-0.2, -0.15) is 0 Å². The normalized spacial score (nSPS) is 17.3. The predicted molar refractivity (Wildman–Crippen MR) is 133 cm³/mol. The molecule has 5 rings (SSSR count). The van der Waals surface area contributed by atoms with Crippen LogP contribution in [0.25, 0.3) is 10.9 Å². The summed E-state index contributed by atoms with van der Waals surface area (Å²) in [6, 6.07) is 23.7. The number of hydrogen-bond donors (Lipinski definition) is 1. The van der Waals surface area contributed by atoms with Crippen molar-refractivity contribution in [3.8, 4) is 5.75 Å². The Balaban J connectivity index is 1.58. The van der Waals surface area contributed by atoms with E-state index in [0.717, 1.165) is 16.9 Å². The Bertz CT molecular complexity index is 1390. The third-order valence-electron chi connectivity index (χ3n) is 6.43. The lowest BCUT2D eigenvalue weighted by Crippen LogP contribution is -2.47. The minimum Gasteiger partial charge on any atom is -0.507 e. The second-order valence-corrected chi connectivity index (χ2v) is 8.62. The number of fused-ring (bicyclic) bond motifs is 2. The maximum absolute atomic E-state index is 13.8. The zero-order valence-corrected chi connectivity index (χ0v) is 19.1. The molecule has 0 fully saturated rings. The summed E-state index contributed by atoms with van der Waals surface area (Å²) in [7, 11) is 0. The van der Waals surface area contributed by atoms with E-state index in [1.807, 2.05) is 66.4 Å². The lowest BCUT2D eigenvalue weighted by atomic mass is 9.89. The third-order valence-corrected chi connectivity index (χ3v) is 6.43. The van der Waals surface area contributed by atoms with Gasteiger partial charge in [-0.25, -0.2) is 0 Å². The molecule has 4 aromatic rings. The summed E-state index contributed by atoms with van der Waals surface area (Å²) in [4.78, 5) is 34.4. The maximum Gasteiger partial charge on any atom is 0.258 e. The van der Waals surface area contributed by atoms with E-state index in [4.69, 9.17) is 0 Å². The van der Waals surface area contributed by atoms with Crippen molar-refractivity contribution in [2.75, 3.05) is 9.80 Å². The van der Waals surface area contributed by atoms with Gasteiger partial charge in [0.05, 0.1) is 11.6 Å². The lowest BCUT2D eigenvalue weighted by Gasteiger charge is -2.43. The van der Waals surface area contributed by atoms with Gasteiger partial charge in [0, 0.05) is 41.5 Å². The standard InChI is InChI=1S/C28H25N3O3/c1-18-16-26(31(19(2)32)21-8-4-3-5-9-21)22-10-6-7-11-25(22)30(18)28(34)20-12-13-24-23(17-20)27(33)14-15-29-24/h3-15,17-18,26H,16H2,1-2H3,(H,29,33). The summed E-state index contributed by atoms with van der Waals surface area (Å²) in [6.45, 7) is 3.58. The van der Waals surface area contributed by atoms with Crippen molar-refractivity contribution in [2.45, 2.75) is 32.4 Å². The molecule has 0 radical (unpaired) electrons. The number of para-hydroxylation sites is 2. The fraction of sp³-hybridized carbons (Fsp3) is 0.179. The van der Waals surface area contributed by atoms with E-state index in [1.165, 1.54) is 12.3 Å². The van der Waals surface area contributed by atoms with Crippen LogP contribution in [0.1, 0.15) is 42.2 Å². The zero-order chi connectivity index (χ0) is 23.8. The highest BCUT2D eigenvalue weighted by molar-refractivity contribution is 6.09. The summed E-state index contributed by atoms with van der Waals surface area (Å²) in [5.74, 6) is -0.111. The van der Waals surface area contributed by atoms with Crippen LogP contribution < -0.4 is 9.80 Å². The van der Waals surface area contributed by atoms with Gasteiger partial charge in [0.15, 0.2) is 0 Å². The maximum atomic E-state index is 13.8. The van der Waals surface area contributed by atoms with Crippen molar-refractivity contribution in [1.82, 2.24) is 4.98 Å². The predicted octanol–water partition coefficient (Wildman–Crippen LogP) is 5.47. The van der Waals surface area contributed by atoms with Crippen LogP contribution in [-0.4, -0.2) is 27.9 Å². The van der Waals surface area contributed by atoms with Crippen LogP contribution in [0.3, 0.4) is 0 Å². The van der Waals surface area contributed by atoms with Crippen LogP contribution in [0.4, 0.5) is 11.4 Å². The number of anilines is 2. The Morgan fingerprint density at radius 2 is 1.74 bits per heavy atom. The number of carbonyl (C=O) groups is 2. The van der Waals surface area contributed by atoms with E-state index >= 15 is 0 Å². The molecule has 2 unspecified atom stereocenters. The van der Waals surface area contributed by atoms with E-state index in [2.05, 4.69) is 4.98 Å². The summed E-state index contributed by atoms with van der Waals surface area (Å²) < 4.78 is 0. The highest BCUT2D eigenvalue weighted by Gasteiger charge is 2.38. The van der Waals surface area contributed by atoms with Crippen molar-refractivity contribution >= 4 is 34.1 Å². The largest absolute Gasteiger partial charge is 0.507 e. The number of pyridine rings is 1. The van der Waals surface area contributed by atoms with Crippen molar-refractivity contribution in [3.63, 3.8) is 0 Å². The van der Waals surface area contributed by atoms with E-state index in [0.29, 0.717) is 22.9 Å². The van der Waals surface area contributed by atoms with E-state index in [-0.39, 0.29) is 29.6 Å². The quantitative estimate of drug-likeness (QED) is 0.448. The number of amides is 2. The van der Waals surface area contributed by atoms with Gasteiger partial charge in [-0.1, -0.05) is 36.4 Å². The Labute approximate surface area is 198 Å². The minimum atomic E-state index is -0.194. The molecule has 6 heteroatoms. The Hall–Kier alpha value is -4.19. The van der Waals surface area contributed by atoms with Crippen molar-refractivity contribution in [3.05, 3.63) is 96.2 Å². The number of carbonyl (C=O) groups excluding carboxylic acids is 2. The second kappa shape index (κ2) is 8.63. The molecule has 2 amide bonds. The van der Waals surface area contributed by atoms with E-state index in [9.17, 15) is 14.7 Å². The van der Waals surface area contributed by atoms with E-state index < -0.39 is 0 Å². The average molecular weight is 452 g/mol. The van der Waals surface area contributed by atoms with Crippen LogP contribution in [0, 0.1) is 0 Å². The molecule has 1 aliphatic heterocycles. The van der Waals surface area contributed by atoms with Gasteiger partial charge in [-0.3, -0.25) is 14.6 Å². The van der Waals surface area contributed by atoms with Gasteiger partial charge in [-0.05, 0) is 61.4 Å². The van der Waals surface area contributed by atoms with Gasteiger partial charge in [0.25, 0.3) is 5.91 Å². The minimum absolute atomic E-state index is 0.0458. The fourth-order valence-electron chi connectivity index (χ4n) is 4.91. The first kappa shape index (κ1) is 21.6. The number of hydrogen-bond acceptors (Lipinski definition) is 4. The molecule has 0 saturated carbocycles. The van der Waals surface area contributed by atoms with Crippen molar-refractivity contribution in [1.29, 1.82) is 0 Å². The third kappa shape index (κ3) is 3.67. The van der Waals surface area contributed by atoms with Gasteiger partial charge in [0.1, 0.15) is 5.75 Å². The number of benzene rings is 3. The molecule has 1 N–H and O–H groups in total. The second-order valence-electron chi connectivity index (χ2n) is 8.62. The van der Waals surface area contributed by atoms with Crippen molar-refractivity contribution < 1.29 is 14.7 Å². The number of rotatable bonds is 3. The Morgan fingerprint density at radius 1 is 1.00 bits per heavy atom. The van der Waals surface area contributed by atoms with Gasteiger partial charge in [0.2, 0.25) is 5.91 Å². The molecule has 0 bridgehead atoms. The van der Waals surface area contributed by atoms with Gasteiger partial charge < -0.3 is 14.9 Å². The van der Waals surface area contributed by atoms with Crippen LogP contribution in [-0.2, 0) is 4.79 Å². The van der Waals surface area contributed by atoms with Crippen LogP contribution in [0.2, 0.25) is 0 Å². The van der Waals surface area contributed by atoms with Crippen molar-refractivity contribution in [2.24, 2.45) is 0 Å². The highest BCUT2D eigenvalue weighted by Crippen LogP contribution is 2.42. The topological polar surface area (TPSA) is 73.7 Å². The first-order valence-corrected chi connectivity index (χ1v) is 11.3. The van der Waals surface area contributed by atoms with Gasteiger partial charge >= 0.3 is 0 Å². The summed E-state index contributed by atoms with van der Waals surface area (Å²) in [6.07, 6.45) is 2.13. The molecule has 2 heterocycles. The molecule has 34 heavy (non-hydrogen) atoms. The molecule has 6 nitrogen and oxygen atoms in total. The molecular weight excluding hydrogens is 426 g/mol. The molecule has 1 aliphatic rings. The van der Waals surface area contributed by atoms with E-state index in [1.54, 1.807) is 30.0 Å². The Morgan fingerprint density at radius 3 is 2.50 bits per heavy atom. The molecule has 0 aliphatic carbocycles. The molecule has 1 aromatic heterocycles. The zero-order valence-electron chi connectivity index (χ0n) is 19.1. The molecule has 0 saturated heterocycles. The first-order chi connectivity index (χ1) is 16.5. The van der Waals surface area contributed by atoms with Crippen LogP contribution in [0.5, 0.6) is 5.75 Å². The molecular formula is C28H25N3O3. The van der Waals surface area contributed by atoms with Crippen LogP contribution in [0.15, 0.2) is 85.1 Å². The molecule has 170 valence electrons. The smallest absolute Gasteiger partial charge is 0.258 e. The first-order valence-electron chi connectivity index (χ1n) is 11.3. The molecule has 0 spiro atoms. The number of aromatic hydroxyl groups is 1. The molecule has 3 aromatic carbocycles. The monoisotopic (exact) mass is 451 g/mol. The summed E-state index contributed by atoms with van der Waals surface area (Å²) in [5.41, 5.74) is 3.65.